The number of nitrogens with zero attached hydrogens (tertiary/aromatic N) is 3. The topological polar surface area (TPSA) is 21.1 Å². The summed E-state index contributed by atoms with van der Waals surface area (Å²) in [7, 11) is 0. The lowest BCUT2D eigenvalue weighted by Gasteiger charge is -2.30. The first-order valence-electron chi connectivity index (χ1n) is 15.1. The maximum Gasteiger partial charge on any atom is 0.416 e. The minimum absolute atomic E-state index is 0.227. The highest BCUT2D eigenvalue weighted by Crippen LogP contribution is 2.34. The van der Waals surface area contributed by atoms with Crippen LogP contribution < -0.4 is 0 Å². The van der Waals surface area contributed by atoms with Crippen molar-refractivity contribution in [3.63, 3.8) is 0 Å². The summed E-state index contributed by atoms with van der Waals surface area (Å²) in [5.74, 6) is 0.484. The number of hydrogen-bond acceptors (Lipinski definition) is 2. The van der Waals surface area contributed by atoms with Gasteiger partial charge in [0.05, 0.1) is 17.0 Å². The number of halogens is 4. The molecule has 0 aliphatic heterocycles. The molecule has 1 aliphatic carbocycles. The molecule has 3 aromatic carbocycles. The fraction of sp³-hybridized carbons (Fsp3) is 0.400. The fourth-order valence-electron chi connectivity index (χ4n) is 6.13. The molecule has 1 fully saturated rings. The Morgan fingerprint density at radius 2 is 1.52 bits per heavy atom. The van der Waals surface area contributed by atoms with E-state index >= 15 is 0 Å². The van der Waals surface area contributed by atoms with Crippen molar-refractivity contribution in [2.24, 2.45) is 5.92 Å². The number of benzene rings is 3. The van der Waals surface area contributed by atoms with Crippen LogP contribution in [0.25, 0.3) is 22.6 Å². The van der Waals surface area contributed by atoms with Crippen LogP contribution in [0.3, 0.4) is 0 Å². The van der Waals surface area contributed by atoms with E-state index in [1.807, 2.05) is 36.4 Å². The van der Waals surface area contributed by atoms with Gasteiger partial charge in [0.2, 0.25) is 0 Å². The smallest absolute Gasteiger partial charge is 0.326 e. The maximum absolute atomic E-state index is 14.4. The van der Waals surface area contributed by atoms with Crippen LogP contribution in [0, 0.1) is 11.7 Å². The van der Waals surface area contributed by atoms with Crippen LogP contribution in [0.1, 0.15) is 68.7 Å². The number of alkyl halides is 3. The third kappa shape index (κ3) is 7.49. The van der Waals surface area contributed by atoms with Gasteiger partial charge in [-0.1, -0.05) is 93.3 Å². The standard InChI is InChI=1S/C35H39F4N3/c1-2-3-19-42-32(33(28-15-9-5-10-16-28)40-34(42)29-17-11-6-12-18-29)25-41(23-26-13-7-4-8-14-26)24-27-20-30(35(37,38)39)22-31(36)21-27/h5-6,9-12,15-18,20-22,26H,2-4,7-8,13-14,19,23-25H2,1H3. The molecule has 0 N–H and O–H groups in total. The van der Waals surface area contributed by atoms with Crippen molar-refractivity contribution < 1.29 is 17.6 Å². The van der Waals surface area contributed by atoms with E-state index in [4.69, 9.17) is 4.98 Å². The second-order valence-corrected chi connectivity index (χ2v) is 11.5. The second-order valence-electron chi connectivity index (χ2n) is 11.5. The summed E-state index contributed by atoms with van der Waals surface area (Å²) in [5.41, 5.74) is 3.34. The molecule has 0 saturated heterocycles. The van der Waals surface area contributed by atoms with Gasteiger partial charge in [0.25, 0.3) is 0 Å². The average molecular weight is 578 g/mol. The zero-order valence-corrected chi connectivity index (χ0v) is 24.2. The first-order valence-corrected chi connectivity index (χ1v) is 15.1. The molecular weight excluding hydrogens is 538 g/mol. The molecule has 3 nitrogen and oxygen atoms in total. The summed E-state index contributed by atoms with van der Waals surface area (Å²) in [6.45, 7) is 4.42. The molecule has 0 bridgehead atoms. The van der Waals surface area contributed by atoms with Crippen LogP contribution in [0.15, 0.2) is 78.9 Å². The van der Waals surface area contributed by atoms with Gasteiger partial charge in [0.15, 0.2) is 0 Å². The van der Waals surface area contributed by atoms with Crippen molar-refractivity contribution in [3.8, 4) is 22.6 Å². The SMILES string of the molecule is CCCCn1c(-c2ccccc2)nc(-c2ccccc2)c1CN(Cc1cc(F)cc(C(F)(F)F)c1)CC1CCCCC1. The average Bonchev–Trinajstić information content (AvgIpc) is 3.34. The van der Waals surface area contributed by atoms with Crippen molar-refractivity contribution >= 4 is 0 Å². The number of imidazole rings is 1. The number of aromatic nitrogens is 2. The van der Waals surface area contributed by atoms with Gasteiger partial charge in [0.1, 0.15) is 11.6 Å². The van der Waals surface area contributed by atoms with Gasteiger partial charge in [-0.15, -0.1) is 0 Å². The summed E-state index contributed by atoms with van der Waals surface area (Å²) < 4.78 is 57.5. The highest BCUT2D eigenvalue weighted by molar-refractivity contribution is 5.68. The zero-order chi connectivity index (χ0) is 29.5. The molecule has 1 aliphatic rings. The number of hydrogen-bond donors (Lipinski definition) is 0. The second kappa shape index (κ2) is 13.7. The normalized spacial score (nSPS) is 14.5. The lowest BCUT2D eigenvalue weighted by molar-refractivity contribution is -0.137. The van der Waals surface area contributed by atoms with E-state index in [1.54, 1.807) is 0 Å². The van der Waals surface area contributed by atoms with Gasteiger partial charge in [-0.05, 0) is 48.9 Å². The predicted octanol–water partition coefficient (Wildman–Crippen LogP) is 9.76. The summed E-state index contributed by atoms with van der Waals surface area (Å²) in [6.07, 6.45) is 3.14. The maximum atomic E-state index is 14.4. The van der Waals surface area contributed by atoms with Gasteiger partial charge in [-0.3, -0.25) is 4.90 Å². The minimum atomic E-state index is -4.60. The molecule has 1 aromatic heterocycles. The number of rotatable bonds is 11. The van der Waals surface area contributed by atoms with Crippen LogP contribution in [0.5, 0.6) is 0 Å². The van der Waals surface area contributed by atoms with E-state index in [2.05, 4.69) is 40.7 Å². The molecule has 0 atom stereocenters. The quantitative estimate of drug-likeness (QED) is 0.166. The van der Waals surface area contributed by atoms with Gasteiger partial charge in [-0.2, -0.15) is 13.2 Å². The van der Waals surface area contributed by atoms with Crippen LogP contribution in [-0.2, 0) is 25.8 Å². The molecule has 0 radical (unpaired) electrons. The molecule has 5 rings (SSSR count). The molecule has 7 heteroatoms. The Labute approximate surface area is 246 Å². The zero-order valence-electron chi connectivity index (χ0n) is 24.2. The van der Waals surface area contributed by atoms with Crippen LogP contribution in [0.2, 0.25) is 0 Å². The van der Waals surface area contributed by atoms with Crippen LogP contribution in [-0.4, -0.2) is 21.0 Å². The van der Waals surface area contributed by atoms with Crippen molar-refractivity contribution in [2.75, 3.05) is 6.54 Å². The van der Waals surface area contributed by atoms with E-state index in [0.29, 0.717) is 24.1 Å². The van der Waals surface area contributed by atoms with Crippen molar-refractivity contribution in [1.29, 1.82) is 0 Å². The van der Waals surface area contributed by atoms with Gasteiger partial charge in [0, 0.05) is 37.3 Å². The van der Waals surface area contributed by atoms with Gasteiger partial charge >= 0.3 is 6.18 Å². The van der Waals surface area contributed by atoms with Crippen molar-refractivity contribution in [1.82, 2.24) is 14.5 Å². The Kier molecular flexibility index (Phi) is 9.78. The summed E-state index contributed by atoms with van der Waals surface area (Å²) >= 11 is 0. The van der Waals surface area contributed by atoms with Crippen molar-refractivity contribution in [3.05, 3.63) is 102 Å². The highest BCUT2D eigenvalue weighted by atomic mass is 19.4. The summed E-state index contributed by atoms with van der Waals surface area (Å²) in [6, 6.07) is 23.1. The van der Waals surface area contributed by atoms with E-state index in [0.717, 1.165) is 73.2 Å². The molecule has 42 heavy (non-hydrogen) atoms. The largest absolute Gasteiger partial charge is 0.416 e. The Morgan fingerprint density at radius 1 is 0.857 bits per heavy atom. The van der Waals surface area contributed by atoms with Crippen molar-refractivity contribution in [2.45, 2.75) is 77.7 Å². The minimum Gasteiger partial charge on any atom is -0.326 e. The van der Waals surface area contributed by atoms with Gasteiger partial charge in [-0.25, -0.2) is 9.37 Å². The molecule has 0 unspecified atom stereocenters. The molecule has 222 valence electrons. The van der Waals surface area contributed by atoms with E-state index in [1.165, 1.54) is 25.3 Å². The Bertz CT molecular complexity index is 1420. The molecular formula is C35H39F4N3. The van der Waals surface area contributed by atoms with E-state index in [9.17, 15) is 17.6 Å². The molecule has 0 spiro atoms. The number of unbranched alkanes of at least 4 members (excludes halogenated alkanes) is 1. The van der Waals surface area contributed by atoms with Crippen LogP contribution in [0.4, 0.5) is 17.6 Å². The highest BCUT2D eigenvalue weighted by Gasteiger charge is 2.32. The summed E-state index contributed by atoms with van der Waals surface area (Å²) in [5, 5.41) is 0. The third-order valence-corrected chi connectivity index (χ3v) is 8.19. The monoisotopic (exact) mass is 577 g/mol. The molecule has 0 amide bonds. The van der Waals surface area contributed by atoms with Gasteiger partial charge < -0.3 is 4.57 Å². The Hall–Kier alpha value is -3.45. The molecule has 4 aromatic rings. The van der Waals surface area contributed by atoms with E-state index < -0.39 is 17.6 Å². The fourth-order valence-corrected chi connectivity index (χ4v) is 6.13. The molecule has 1 saturated carbocycles. The van der Waals surface area contributed by atoms with E-state index in [-0.39, 0.29) is 6.54 Å². The summed E-state index contributed by atoms with van der Waals surface area (Å²) in [4.78, 5) is 7.41. The Morgan fingerprint density at radius 3 is 2.17 bits per heavy atom. The van der Waals surface area contributed by atoms with Crippen LogP contribution >= 0.6 is 0 Å². The first kappa shape index (κ1) is 30.0. The Balaban J connectivity index is 1.59. The first-order chi connectivity index (χ1) is 20.3. The predicted molar refractivity (Wildman–Crippen MR) is 160 cm³/mol. The third-order valence-electron chi connectivity index (χ3n) is 8.19. The lowest BCUT2D eigenvalue weighted by atomic mass is 9.88. The molecule has 1 heterocycles. The lowest BCUT2D eigenvalue weighted by Crippen LogP contribution is -2.31.